The van der Waals surface area contributed by atoms with Gasteiger partial charge in [-0.25, -0.2) is 14.8 Å². The van der Waals surface area contributed by atoms with E-state index in [4.69, 9.17) is 0 Å². The summed E-state index contributed by atoms with van der Waals surface area (Å²) in [5.41, 5.74) is 2.67. The Labute approximate surface area is 133 Å². The Balaban J connectivity index is 1.61. The molecular formula is C14H20N6OS. The first kappa shape index (κ1) is 15.0. The number of thiazole rings is 1. The minimum absolute atomic E-state index is 0.0414. The lowest BCUT2D eigenvalue weighted by Crippen LogP contribution is -2.53. The topological polar surface area (TPSA) is 77.2 Å². The summed E-state index contributed by atoms with van der Waals surface area (Å²) in [5, 5.41) is 4.88. The largest absolute Gasteiger partial charge is 0.347 e. The number of carbonyl (C=O) groups is 1. The van der Waals surface area contributed by atoms with E-state index in [-0.39, 0.29) is 12.1 Å². The fourth-order valence-corrected chi connectivity index (χ4v) is 3.26. The van der Waals surface area contributed by atoms with Gasteiger partial charge in [0, 0.05) is 37.4 Å². The molecule has 3 rings (SSSR count). The second-order valence-corrected chi connectivity index (χ2v) is 5.92. The van der Waals surface area contributed by atoms with Gasteiger partial charge in [-0.05, 0) is 6.54 Å². The smallest absolute Gasteiger partial charge is 0.317 e. The van der Waals surface area contributed by atoms with E-state index in [1.54, 1.807) is 11.7 Å². The van der Waals surface area contributed by atoms with Crippen molar-refractivity contribution in [2.24, 2.45) is 0 Å². The number of likely N-dealkylation sites (N-methyl/N-ethyl adjacent to an activating group) is 1. The van der Waals surface area contributed by atoms with Crippen molar-refractivity contribution in [1.29, 1.82) is 0 Å². The highest BCUT2D eigenvalue weighted by Crippen LogP contribution is 2.22. The maximum absolute atomic E-state index is 12.3. The summed E-state index contributed by atoms with van der Waals surface area (Å²) in [6.07, 6.45) is 3.58. The zero-order chi connectivity index (χ0) is 15.4. The fourth-order valence-electron chi connectivity index (χ4n) is 2.71. The molecule has 1 fully saturated rings. The molecule has 118 valence electrons. The van der Waals surface area contributed by atoms with Crippen LogP contribution in [0.25, 0.3) is 0 Å². The van der Waals surface area contributed by atoms with Crippen molar-refractivity contribution in [2.75, 3.05) is 26.2 Å². The summed E-state index contributed by atoms with van der Waals surface area (Å²) in [4.78, 5) is 28.2. The normalized spacial score (nSPS) is 19.3. The van der Waals surface area contributed by atoms with E-state index in [0.29, 0.717) is 13.1 Å². The Morgan fingerprint density at radius 3 is 3.09 bits per heavy atom. The minimum Gasteiger partial charge on any atom is -0.347 e. The molecule has 1 atom stereocenters. The monoisotopic (exact) mass is 320 g/mol. The molecule has 1 aliphatic rings. The maximum Gasteiger partial charge on any atom is 0.317 e. The standard InChI is InChI=1S/C14H20N6OS/c1-2-19-5-6-20(8-12(19)13-15-3-4-16-13)14(21)17-7-11-9-22-10-18-11/h3-4,9-10,12H,2,5-8H2,1H3,(H,15,16)(H,17,21)/t12-/m0/s1. The van der Waals surface area contributed by atoms with E-state index in [0.717, 1.165) is 31.2 Å². The molecule has 3 heterocycles. The van der Waals surface area contributed by atoms with Crippen LogP contribution in [-0.4, -0.2) is 57.0 Å². The predicted molar refractivity (Wildman–Crippen MR) is 84.5 cm³/mol. The molecule has 7 nitrogen and oxygen atoms in total. The Kier molecular flexibility index (Phi) is 4.69. The average Bonchev–Trinajstić information content (AvgIpc) is 3.25. The number of rotatable bonds is 4. The zero-order valence-corrected chi connectivity index (χ0v) is 13.3. The number of aromatic amines is 1. The van der Waals surface area contributed by atoms with Gasteiger partial charge in [-0.1, -0.05) is 6.92 Å². The number of hydrogen-bond acceptors (Lipinski definition) is 5. The number of H-pyrrole nitrogens is 1. The fraction of sp³-hybridized carbons (Fsp3) is 0.500. The highest BCUT2D eigenvalue weighted by atomic mass is 32.1. The number of nitrogens with one attached hydrogen (secondary N) is 2. The number of amides is 2. The van der Waals surface area contributed by atoms with Crippen LogP contribution in [0.2, 0.25) is 0 Å². The van der Waals surface area contributed by atoms with E-state index >= 15 is 0 Å². The summed E-state index contributed by atoms with van der Waals surface area (Å²) >= 11 is 1.53. The molecule has 0 saturated carbocycles. The second kappa shape index (κ2) is 6.89. The molecule has 1 saturated heterocycles. The lowest BCUT2D eigenvalue weighted by atomic mass is 10.1. The molecule has 0 radical (unpaired) electrons. The van der Waals surface area contributed by atoms with Gasteiger partial charge >= 0.3 is 6.03 Å². The second-order valence-electron chi connectivity index (χ2n) is 5.20. The molecule has 0 bridgehead atoms. The highest BCUT2D eigenvalue weighted by molar-refractivity contribution is 7.07. The zero-order valence-electron chi connectivity index (χ0n) is 12.5. The first-order valence-corrected chi connectivity index (χ1v) is 8.35. The molecule has 0 aliphatic carbocycles. The lowest BCUT2D eigenvalue weighted by Gasteiger charge is -2.39. The van der Waals surface area contributed by atoms with Crippen LogP contribution in [0.15, 0.2) is 23.3 Å². The van der Waals surface area contributed by atoms with E-state index in [9.17, 15) is 4.79 Å². The third kappa shape index (κ3) is 3.28. The highest BCUT2D eigenvalue weighted by Gasteiger charge is 2.31. The summed E-state index contributed by atoms with van der Waals surface area (Å²) in [5.74, 6) is 0.916. The molecule has 2 aromatic heterocycles. The van der Waals surface area contributed by atoms with Crippen LogP contribution < -0.4 is 5.32 Å². The van der Waals surface area contributed by atoms with Gasteiger partial charge in [0.15, 0.2) is 0 Å². The third-order valence-electron chi connectivity index (χ3n) is 3.92. The summed E-state index contributed by atoms with van der Waals surface area (Å²) in [6, 6.07) is 0.0825. The molecule has 2 aromatic rings. The van der Waals surface area contributed by atoms with Crippen LogP contribution in [0, 0.1) is 0 Å². The molecule has 2 N–H and O–H groups in total. The van der Waals surface area contributed by atoms with Gasteiger partial charge < -0.3 is 15.2 Å². The van der Waals surface area contributed by atoms with Crippen LogP contribution in [0.4, 0.5) is 4.79 Å². The van der Waals surface area contributed by atoms with E-state index in [1.165, 1.54) is 11.3 Å². The average molecular weight is 320 g/mol. The van der Waals surface area contributed by atoms with Crippen LogP contribution in [-0.2, 0) is 6.54 Å². The van der Waals surface area contributed by atoms with Crippen LogP contribution in [0.5, 0.6) is 0 Å². The van der Waals surface area contributed by atoms with E-state index in [2.05, 4.69) is 32.1 Å². The molecule has 1 aliphatic heterocycles. The Morgan fingerprint density at radius 2 is 2.41 bits per heavy atom. The van der Waals surface area contributed by atoms with Crippen molar-refractivity contribution in [1.82, 2.24) is 30.1 Å². The molecule has 0 aromatic carbocycles. The maximum atomic E-state index is 12.3. The van der Waals surface area contributed by atoms with E-state index < -0.39 is 0 Å². The van der Waals surface area contributed by atoms with Gasteiger partial charge in [0.05, 0.1) is 23.8 Å². The Hall–Kier alpha value is -1.93. The predicted octanol–water partition coefficient (Wildman–Crippen LogP) is 1.45. The van der Waals surface area contributed by atoms with Crippen molar-refractivity contribution in [3.63, 3.8) is 0 Å². The van der Waals surface area contributed by atoms with Crippen LogP contribution in [0.1, 0.15) is 24.5 Å². The summed E-state index contributed by atoms with van der Waals surface area (Å²) < 4.78 is 0. The minimum atomic E-state index is -0.0414. The van der Waals surface area contributed by atoms with Crippen LogP contribution in [0.3, 0.4) is 0 Å². The number of aromatic nitrogens is 3. The number of nitrogens with zero attached hydrogens (tertiary/aromatic N) is 4. The quantitative estimate of drug-likeness (QED) is 0.894. The lowest BCUT2D eigenvalue weighted by molar-refractivity contribution is 0.0896. The molecule has 22 heavy (non-hydrogen) atoms. The number of imidazole rings is 1. The first-order chi connectivity index (χ1) is 10.8. The Bertz CT molecular complexity index is 585. The molecule has 2 amide bonds. The van der Waals surface area contributed by atoms with Crippen LogP contribution >= 0.6 is 11.3 Å². The van der Waals surface area contributed by atoms with Gasteiger partial charge in [-0.2, -0.15) is 0 Å². The molecular weight excluding hydrogens is 300 g/mol. The van der Waals surface area contributed by atoms with Crippen molar-refractivity contribution in [2.45, 2.75) is 19.5 Å². The summed E-state index contributed by atoms with van der Waals surface area (Å²) in [6.45, 7) is 5.78. The van der Waals surface area contributed by atoms with Crippen molar-refractivity contribution < 1.29 is 4.79 Å². The molecule has 8 heteroatoms. The van der Waals surface area contributed by atoms with Crippen molar-refractivity contribution in [3.05, 3.63) is 34.8 Å². The number of urea groups is 1. The van der Waals surface area contributed by atoms with Crippen molar-refractivity contribution in [3.8, 4) is 0 Å². The van der Waals surface area contributed by atoms with Gasteiger partial charge in [-0.15, -0.1) is 11.3 Å². The Morgan fingerprint density at radius 1 is 1.50 bits per heavy atom. The first-order valence-electron chi connectivity index (χ1n) is 7.41. The molecule has 0 spiro atoms. The van der Waals surface area contributed by atoms with E-state index in [1.807, 2.05) is 16.5 Å². The van der Waals surface area contributed by atoms with Crippen molar-refractivity contribution >= 4 is 17.4 Å². The number of carbonyl (C=O) groups excluding carboxylic acids is 1. The summed E-state index contributed by atoms with van der Waals surface area (Å²) in [7, 11) is 0. The number of piperazine rings is 1. The molecule has 0 unspecified atom stereocenters. The van der Waals surface area contributed by atoms with Gasteiger partial charge in [0.1, 0.15) is 5.82 Å². The SMILES string of the molecule is CCN1CCN(C(=O)NCc2cscn2)C[C@H]1c1ncc[nH]1. The number of hydrogen-bond donors (Lipinski definition) is 2. The third-order valence-corrected chi connectivity index (χ3v) is 4.56. The van der Waals surface area contributed by atoms with Gasteiger partial charge in [0.2, 0.25) is 0 Å². The van der Waals surface area contributed by atoms with Gasteiger partial charge in [0.25, 0.3) is 0 Å². The van der Waals surface area contributed by atoms with Gasteiger partial charge in [-0.3, -0.25) is 4.90 Å².